The van der Waals surface area contributed by atoms with Crippen LogP contribution in [0.1, 0.15) is 35.5 Å². The molecule has 0 spiro atoms. The van der Waals surface area contributed by atoms with E-state index in [1.54, 1.807) is 30.3 Å². The molecule has 30 heavy (non-hydrogen) atoms. The van der Waals surface area contributed by atoms with Crippen molar-refractivity contribution in [3.05, 3.63) is 74.6 Å². The Balaban J connectivity index is 1.91. The van der Waals surface area contributed by atoms with Crippen LogP contribution in [0, 0.1) is 6.92 Å². The van der Waals surface area contributed by atoms with Gasteiger partial charge in [-0.05, 0) is 49.1 Å². The highest BCUT2D eigenvalue weighted by Gasteiger charge is 2.24. The molecule has 0 bridgehead atoms. The van der Waals surface area contributed by atoms with Crippen molar-refractivity contribution in [1.82, 2.24) is 4.98 Å². The fourth-order valence-electron chi connectivity index (χ4n) is 3.49. The number of aryl methyl sites for hydroxylation is 2. The molecule has 2 aromatic heterocycles. The van der Waals surface area contributed by atoms with E-state index in [0.717, 1.165) is 11.3 Å². The number of rotatable bonds is 5. The second-order valence-corrected chi connectivity index (χ2v) is 8.13. The van der Waals surface area contributed by atoms with Crippen molar-refractivity contribution in [2.45, 2.75) is 32.7 Å². The van der Waals surface area contributed by atoms with Crippen LogP contribution in [0.2, 0.25) is 0 Å². The molecule has 0 saturated carbocycles. The second-order valence-electron chi connectivity index (χ2n) is 7.27. The molecule has 0 aliphatic heterocycles. The van der Waals surface area contributed by atoms with E-state index < -0.39 is 6.04 Å². The van der Waals surface area contributed by atoms with Crippen LogP contribution in [0.3, 0.4) is 0 Å². The molecule has 7 heteroatoms. The molecule has 0 radical (unpaired) electrons. The molecule has 4 aromatic rings. The molecule has 0 unspecified atom stereocenters. The fraction of sp³-hybridized carbons (Fsp3) is 0.217. The van der Waals surface area contributed by atoms with Gasteiger partial charge in [-0.15, -0.1) is 11.3 Å². The van der Waals surface area contributed by atoms with Crippen molar-refractivity contribution in [2.75, 3.05) is 0 Å². The third-order valence-electron chi connectivity index (χ3n) is 5.06. The molecule has 0 aliphatic carbocycles. The highest BCUT2D eigenvalue weighted by atomic mass is 32.1. The summed E-state index contributed by atoms with van der Waals surface area (Å²) in [6.07, 6.45) is 1.00. The largest absolute Gasteiger partial charge is 0.508 e. The predicted octanol–water partition coefficient (Wildman–Crippen LogP) is 4.44. The molecular formula is C23H22N2O4S. The average Bonchev–Trinajstić information content (AvgIpc) is 3.14. The lowest BCUT2D eigenvalue weighted by atomic mass is 9.99. The van der Waals surface area contributed by atoms with Crippen LogP contribution in [-0.4, -0.2) is 15.2 Å². The topological polar surface area (TPSA) is 110 Å². The molecule has 154 valence electrons. The zero-order chi connectivity index (χ0) is 21.4. The number of aromatic nitrogens is 1. The lowest BCUT2D eigenvalue weighted by Crippen LogP contribution is -2.19. The normalized spacial score (nSPS) is 12.4. The summed E-state index contributed by atoms with van der Waals surface area (Å²) < 4.78 is 6.11. The van der Waals surface area contributed by atoms with Gasteiger partial charge in [-0.1, -0.05) is 19.1 Å². The van der Waals surface area contributed by atoms with Crippen LogP contribution in [0.15, 0.2) is 51.0 Å². The summed E-state index contributed by atoms with van der Waals surface area (Å²) in [6.45, 7) is 3.78. The van der Waals surface area contributed by atoms with Crippen molar-refractivity contribution in [3.8, 4) is 22.1 Å². The summed E-state index contributed by atoms with van der Waals surface area (Å²) in [5.41, 5.74) is 9.31. The Labute approximate surface area is 177 Å². The minimum Gasteiger partial charge on any atom is -0.508 e. The van der Waals surface area contributed by atoms with E-state index in [4.69, 9.17) is 10.2 Å². The van der Waals surface area contributed by atoms with Gasteiger partial charge in [-0.25, -0.2) is 4.98 Å². The van der Waals surface area contributed by atoms with Crippen molar-refractivity contribution < 1.29 is 14.6 Å². The van der Waals surface area contributed by atoms with Gasteiger partial charge < -0.3 is 20.4 Å². The zero-order valence-corrected chi connectivity index (χ0v) is 17.5. The quantitative estimate of drug-likeness (QED) is 0.439. The molecule has 0 aliphatic rings. The number of fused-ring (bicyclic) bond motifs is 1. The van der Waals surface area contributed by atoms with E-state index in [1.807, 2.05) is 19.2 Å². The van der Waals surface area contributed by atoms with E-state index >= 15 is 0 Å². The van der Waals surface area contributed by atoms with E-state index in [0.29, 0.717) is 45.7 Å². The smallest absolute Gasteiger partial charge is 0.203 e. The van der Waals surface area contributed by atoms with E-state index in [2.05, 4.69) is 4.98 Å². The number of benzene rings is 2. The molecule has 0 fully saturated rings. The number of nitrogens with two attached hydrogens (primary N) is 1. The first-order valence-corrected chi connectivity index (χ1v) is 10.5. The fourth-order valence-corrected chi connectivity index (χ4v) is 4.33. The van der Waals surface area contributed by atoms with Gasteiger partial charge in [0.1, 0.15) is 27.8 Å². The Morgan fingerprint density at radius 1 is 1.20 bits per heavy atom. The molecule has 2 aromatic carbocycles. The van der Waals surface area contributed by atoms with Crippen molar-refractivity contribution in [1.29, 1.82) is 0 Å². The zero-order valence-electron chi connectivity index (χ0n) is 16.7. The molecule has 4 rings (SSSR count). The number of phenolic OH excluding ortho intramolecular Hbond substituents is 2. The van der Waals surface area contributed by atoms with Gasteiger partial charge in [0.05, 0.1) is 17.0 Å². The predicted molar refractivity (Wildman–Crippen MR) is 118 cm³/mol. The van der Waals surface area contributed by atoms with Gasteiger partial charge in [0.2, 0.25) is 5.43 Å². The number of phenols is 2. The van der Waals surface area contributed by atoms with Crippen LogP contribution in [0.4, 0.5) is 0 Å². The number of hydrogen-bond acceptors (Lipinski definition) is 7. The van der Waals surface area contributed by atoms with Crippen molar-refractivity contribution in [2.24, 2.45) is 5.73 Å². The van der Waals surface area contributed by atoms with E-state index in [9.17, 15) is 15.0 Å². The number of thiazole rings is 1. The standard InChI is InChI=1S/C23H22N2O4S/c1-3-14-9-16-19(10-18(14)27)29-22(17(24)8-13-4-6-15(26)7-5-13)20(21(16)28)23-25-12(2)11-30-23/h4-7,9-11,17,26-27H,3,8,24H2,1-2H3/t17-/m1/s1. The maximum absolute atomic E-state index is 13.5. The minimum absolute atomic E-state index is 0.0871. The number of aromatic hydroxyl groups is 2. The Morgan fingerprint density at radius 2 is 1.93 bits per heavy atom. The maximum atomic E-state index is 13.5. The summed E-state index contributed by atoms with van der Waals surface area (Å²) >= 11 is 1.37. The average molecular weight is 423 g/mol. The highest BCUT2D eigenvalue weighted by Crippen LogP contribution is 2.33. The van der Waals surface area contributed by atoms with Gasteiger partial charge >= 0.3 is 0 Å². The van der Waals surface area contributed by atoms with Gasteiger partial charge in [0.25, 0.3) is 0 Å². The molecule has 0 amide bonds. The Hall–Kier alpha value is -3.16. The van der Waals surface area contributed by atoms with Crippen LogP contribution in [-0.2, 0) is 12.8 Å². The number of hydrogen-bond donors (Lipinski definition) is 3. The van der Waals surface area contributed by atoms with Crippen molar-refractivity contribution >= 4 is 22.3 Å². The maximum Gasteiger partial charge on any atom is 0.203 e. The summed E-state index contributed by atoms with van der Waals surface area (Å²) in [7, 11) is 0. The number of nitrogens with zero attached hydrogens (tertiary/aromatic N) is 1. The SMILES string of the molecule is CCc1cc2c(=O)c(-c3nc(C)cs3)c([C@H](N)Cc3ccc(O)cc3)oc2cc1O. The van der Waals surface area contributed by atoms with Gasteiger partial charge in [-0.3, -0.25) is 4.79 Å². The lowest BCUT2D eigenvalue weighted by Gasteiger charge is -2.16. The monoisotopic (exact) mass is 422 g/mol. The van der Waals surface area contributed by atoms with Gasteiger partial charge in [0.15, 0.2) is 0 Å². The van der Waals surface area contributed by atoms with Crippen LogP contribution < -0.4 is 11.2 Å². The highest BCUT2D eigenvalue weighted by molar-refractivity contribution is 7.13. The van der Waals surface area contributed by atoms with Crippen LogP contribution >= 0.6 is 11.3 Å². The summed E-state index contributed by atoms with van der Waals surface area (Å²) in [4.78, 5) is 18.0. The lowest BCUT2D eigenvalue weighted by molar-refractivity contribution is 0.461. The van der Waals surface area contributed by atoms with E-state index in [1.165, 1.54) is 17.4 Å². The first-order chi connectivity index (χ1) is 14.4. The molecule has 6 nitrogen and oxygen atoms in total. The molecule has 4 N–H and O–H groups in total. The molecule has 1 atom stereocenters. The Kier molecular flexibility index (Phi) is 5.32. The Bertz CT molecular complexity index is 1280. The van der Waals surface area contributed by atoms with Gasteiger partial charge in [0, 0.05) is 17.1 Å². The Morgan fingerprint density at radius 3 is 2.57 bits per heavy atom. The third kappa shape index (κ3) is 3.69. The third-order valence-corrected chi connectivity index (χ3v) is 6.04. The van der Waals surface area contributed by atoms with Crippen LogP contribution in [0.25, 0.3) is 21.5 Å². The first-order valence-electron chi connectivity index (χ1n) is 9.66. The summed E-state index contributed by atoms with van der Waals surface area (Å²) in [5, 5.41) is 22.6. The van der Waals surface area contributed by atoms with Crippen LogP contribution in [0.5, 0.6) is 11.5 Å². The molecular weight excluding hydrogens is 400 g/mol. The first kappa shape index (κ1) is 20.1. The second kappa shape index (κ2) is 7.93. The minimum atomic E-state index is -0.612. The van der Waals surface area contributed by atoms with Crippen molar-refractivity contribution in [3.63, 3.8) is 0 Å². The van der Waals surface area contributed by atoms with Gasteiger partial charge in [-0.2, -0.15) is 0 Å². The summed E-state index contributed by atoms with van der Waals surface area (Å²) in [6, 6.07) is 9.28. The van der Waals surface area contributed by atoms with E-state index in [-0.39, 0.29) is 16.9 Å². The summed E-state index contributed by atoms with van der Waals surface area (Å²) in [5.74, 6) is 0.591. The molecule has 0 saturated heterocycles. The molecule has 2 heterocycles.